The van der Waals surface area contributed by atoms with Gasteiger partial charge < -0.3 is 5.11 Å². The Bertz CT molecular complexity index is 569. The third kappa shape index (κ3) is 4.04. The number of rotatable bonds is 6. The lowest BCUT2D eigenvalue weighted by molar-refractivity contribution is -0.142. The predicted molar refractivity (Wildman–Crippen MR) is 93.4 cm³/mol. The first-order chi connectivity index (χ1) is 11.6. The molecule has 3 rings (SSSR count). The number of carbonyl (C=O) groups excluding carboxylic acids is 1. The minimum Gasteiger partial charge on any atom is -0.480 e. The van der Waals surface area contributed by atoms with Crippen LogP contribution in [0.4, 0.5) is 0 Å². The lowest BCUT2D eigenvalue weighted by Crippen LogP contribution is -2.40. The summed E-state index contributed by atoms with van der Waals surface area (Å²) in [7, 11) is 0. The number of benzene rings is 1. The lowest BCUT2D eigenvalue weighted by Gasteiger charge is -2.23. The molecule has 4 heteroatoms. The molecule has 1 unspecified atom stereocenters. The highest BCUT2D eigenvalue weighted by Gasteiger charge is 2.30. The molecule has 0 amide bonds. The largest absolute Gasteiger partial charge is 0.480 e. The molecule has 1 aromatic carbocycles. The Hall–Kier alpha value is -1.68. The highest BCUT2D eigenvalue weighted by molar-refractivity contribution is 5.98. The summed E-state index contributed by atoms with van der Waals surface area (Å²) in [6.07, 6.45) is 8.51. The quantitative estimate of drug-likeness (QED) is 0.805. The van der Waals surface area contributed by atoms with Gasteiger partial charge in [-0.05, 0) is 50.3 Å². The fraction of sp³-hybridized carbons (Fsp3) is 0.600. The Kier molecular flexibility index (Phi) is 5.67. The van der Waals surface area contributed by atoms with Crippen molar-refractivity contribution in [2.45, 2.75) is 63.3 Å². The molecule has 1 atom stereocenters. The van der Waals surface area contributed by atoms with Gasteiger partial charge in [0.15, 0.2) is 5.78 Å². The smallest absolute Gasteiger partial charge is 0.321 e. The van der Waals surface area contributed by atoms with Crippen molar-refractivity contribution < 1.29 is 14.7 Å². The van der Waals surface area contributed by atoms with E-state index in [-0.39, 0.29) is 12.2 Å². The summed E-state index contributed by atoms with van der Waals surface area (Å²) in [4.78, 5) is 26.0. The van der Waals surface area contributed by atoms with Crippen molar-refractivity contribution in [3.63, 3.8) is 0 Å². The molecule has 0 radical (unpaired) electrons. The molecular formula is C20H27NO3. The van der Waals surface area contributed by atoms with Crippen LogP contribution in [0.5, 0.6) is 0 Å². The molecule has 0 spiro atoms. The van der Waals surface area contributed by atoms with Gasteiger partial charge in [0.1, 0.15) is 6.04 Å². The predicted octanol–water partition coefficient (Wildman–Crippen LogP) is 3.86. The Morgan fingerprint density at radius 2 is 1.62 bits per heavy atom. The van der Waals surface area contributed by atoms with Crippen LogP contribution in [0.15, 0.2) is 24.3 Å². The number of carboxylic acid groups (broad SMARTS) is 1. The van der Waals surface area contributed by atoms with Gasteiger partial charge in [0.05, 0.1) is 0 Å². The van der Waals surface area contributed by atoms with Crippen LogP contribution in [-0.2, 0) is 4.79 Å². The number of Topliss-reactive ketones (excluding diaryl/α,β-unsaturated/α-hetero) is 1. The van der Waals surface area contributed by atoms with Gasteiger partial charge >= 0.3 is 5.97 Å². The zero-order chi connectivity index (χ0) is 16.9. The van der Waals surface area contributed by atoms with E-state index < -0.39 is 12.0 Å². The normalized spacial score (nSPS) is 20.8. The number of likely N-dealkylation sites (tertiary alicyclic amines) is 1. The number of ketones is 1. The maximum Gasteiger partial charge on any atom is 0.321 e. The molecule has 2 fully saturated rings. The van der Waals surface area contributed by atoms with Crippen LogP contribution in [0.25, 0.3) is 0 Å². The van der Waals surface area contributed by atoms with Gasteiger partial charge in [-0.2, -0.15) is 0 Å². The Morgan fingerprint density at radius 1 is 1.00 bits per heavy atom. The molecule has 24 heavy (non-hydrogen) atoms. The van der Waals surface area contributed by atoms with E-state index in [9.17, 15) is 14.7 Å². The van der Waals surface area contributed by atoms with Crippen LogP contribution in [0, 0.1) is 0 Å². The third-order valence-corrected chi connectivity index (χ3v) is 5.55. The van der Waals surface area contributed by atoms with Crippen LogP contribution in [0.2, 0.25) is 0 Å². The minimum absolute atomic E-state index is 0.0653. The van der Waals surface area contributed by atoms with E-state index in [1.807, 2.05) is 17.0 Å². The first-order valence-electron chi connectivity index (χ1n) is 9.25. The third-order valence-electron chi connectivity index (χ3n) is 5.55. The molecule has 1 saturated carbocycles. The van der Waals surface area contributed by atoms with Crippen LogP contribution < -0.4 is 0 Å². The average molecular weight is 329 g/mol. The molecule has 130 valence electrons. The van der Waals surface area contributed by atoms with E-state index in [1.165, 1.54) is 37.7 Å². The Balaban J connectivity index is 1.64. The number of hydrogen-bond donors (Lipinski definition) is 1. The maximum absolute atomic E-state index is 12.5. The summed E-state index contributed by atoms with van der Waals surface area (Å²) in [6.45, 7) is 1.57. The molecule has 1 heterocycles. The van der Waals surface area contributed by atoms with Crippen molar-refractivity contribution in [2.75, 3.05) is 13.1 Å². The highest BCUT2D eigenvalue weighted by atomic mass is 16.4. The van der Waals surface area contributed by atoms with Crippen LogP contribution >= 0.6 is 0 Å². The number of nitrogens with zero attached hydrogens (tertiary/aromatic N) is 1. The van der Waals surface area contributed by atoms with Gasteiger partial charge in [-0.15, -0.1) is 0 Å². The average Bonchev–Trinajstić information content (AvgIpc) is 3.14. The lowest BCUT2D eigenvalue weighted by atomic mass is 9.84. The molecule has 1 aromatic rings. The molecule has 1 N–H and O–H groups in total. The van der Waals surface area contributed by atoms with Crippen LogP contribution in [0.1, 0.15) is 73.2 Å². The zero-order valence-electron chi connectivity index (χ0n) is 14.2. The van der Waals surface area contributed by atoms with Crippen molar-refractivity contribution in [2.24, 2.45) is 0 Å². The molecule has 2 aliphatic rings. The maximum atomic E-state index is 12.5. The fourth-order valence-corrected chi connectivity index (χ4v) is 4.10. The minimum atomic E-state index is -0.885. The van der Waals surface area contributed by atoms with E-state index in [0.717, 1.165) is 25.9 Å². The van der Waals surface area contributed by atoms with Gasteiger partial charge in [0.2, 0.25) is 0 Å². The zero-order valence-corrected chi connectivity index (χ0v) is 14.2. The fourth-order valence-electron chi connectivity index (χ4n) is 4.10. The van der Waals surface area contributed by atoms with Crippen LogP contribution in [-0.4, -0.2) is 40.9 Å². The molecule has 1 aliphatic heterocycles. The molecule has 0 bridgehead atoms. The van der Waals surface area contributed by atoms with E-state index in [0.29, 0.717) is 11.5 Å². The summed E-state index contributed by atoms with van der Waals surface area (Å²) in [6, 6.07) is 7.21. The van der Waals surface area contributed by atoms with Crippen molar-refractivity contribution in [1.82, 2.24) is 4.90 Å². The first kappa shape index (κ1) is 17.2. The van der Waals surface area contributed by atoms with Gasteiger partial charge in [-0.3, -0.25) is 14.5 Å². The number of carboxylic acids is 1. The van der Waals surface area contributed by atoms with E-state index in [1.54, 1.807) is 0 Å². The second-order valence-corrected chi connectivity index (χ2v) is 7.18. The molecule has 4 nitrogen and oxygen atoms in total. The van der Waals surface area contributed by atoms with E-state index in [4.69, 9.17) is 0 Å². The van der Waals surface area contributed by atoms with Crippen LogP contribution in [0.3, 0.4) is 0 Å². The summed E-state index contributed by atoms with van der Waals surface area (Å²) in [5.41, 5.74) is 1.96. The van der Waals surface area contributed by atoms with Crippen molar-refractivity contribution in [3.8, 4) is 0 Å². The number of aliphatic carboxylic acids is 1. The highest BCUT2D eigenvalue weighted by Crippen LogP contribution is 2.32. The summed E-state index contributed by atoms with van der Waals surface area (Å²) < 4.78 is 0. The molecule has 1 aliphatic carbocycles. The SMILES string of the molecule is O=C(CC(C(=O)O)N1CCCC1)c1ccc(C2CCCCC2)cc1. The van der Waals surface area contributed by atoms with Gasteiger partial charge in [-0.25, -0.2) is 0 Å². The van der Waals surface area contributed by atoms with Gasteiger partial charge in [-0.1, -0.05) is 43.5 Å². The first-order valence-corrected chi connectivity index (χ1v) is 9.25. The number of hydrogen-bond acceptors (Lipinski definition) is 3. The topological polar surface area (TPSA) is 57.6 Å². The Labute approximate surface area is 143 Å². The number of carbonyl (C=O) groups is 2. The summed E-state index contributed by atoms with van der Waals surface area (Å²) >= 11 is 0. The molecule has 0 aromatic heterocycles. The van der Waals surface area contributed by atoms with E-state index in [2.05, 4.69) is 12.1 Å². The Morgan fingerprint density at radius 3 is 2.21 bits per heavy atom. The monoisotopic (exact) mass is 329 g/mol. The van der Waals surface area contributed by atoms with Crippen molar-refractivity contribution in [1.29, 1.82) is 0 Å². The second-order valence-electron chi connectivity index (χ2n) is 7.18. The van der Waals surface area contributed by atoms with E-state index >= 15 is 0 Å². The van der Waals surface area contributed by atoms with Gasteiger partial charge in [0, 0.05) is 12.0 Å². The standard InChI is InChI=1S/C20H27NO3/c22-19(14-18(20(23)24)21-12-4-5-13-21)17-10-8-16(9-11-17)15-6-2-1-3-7-15/h8-11,15,18H,1-7,12-14H2,(H,23,24). The molecular weight excluding hydrogens is 302 g/mol. The molecule has 1 saturated heterocycles. The summed E-state index contributed by atoms with van der Waals surface area (Å²) in [5.74, 6) is -0.326. The summed E-state index contributed by atoms with van der Waals surface area (Å²) in [5, 5.41) is 9.45. The second kappa shape index (κ2) is 7.93. The van der Waals surface area contributed by atoms with Crippen molar-refractivity contribution in [3.05, 3.63) is 35.4 Å². The van der Waals surface area contributed by atoms with Crippen molar-refractivity contribution >= 4 is 11.8 Å². The van der Waals surface area contributed by atoms with Gasteiger partial charge in [0.25, 0.3) is 0 Å².